The van der Waals surface area contributed by atoms with Gasteiger partial charge in [-0.15, -0.1) is 0 Å². The SMILES string of the molecule is CCC1CCC(Nc2ncnc3c2cnn3C)CC1. The summed E-state index contributed by atoms with van der Waals surface area (Å²) in [5.41, 5.74) is 0.889. The topological polar surface area (TPSA) is 55.6 Å². The first-order chi connectivity index (χ1) is 9.28. The molecule has 3 rings (SSSR count). The summed E-state index contributed by atoms with van der Waals surface area (Å²) in [6, 6.07) is 0.543. The van der Waals surface area contributed by atoms with E-state index in [2.05, 4.69) is 27.3 Å². The van der Waals surface area contributed by atoms with Crippen molar-refractivity contribution in [2.24, 2.45) is 13.0 Å². The van der Waals surface area contributed by atoms with Crippen LogP contribution in [0.15, 0.2) is 12.5 Å². The molecule has 0 radical (unpaired) electrons. The molecule has 2 aromatic heterocycles. The smallest absolute Gasteiger partial charge is 0.163 e. The minimum absolute atomic E-state index is 0.543. The lowest BCUT2D eigenvalue weighted by Gasteiger charge is -2.28. The molecule has 0 amide bonds. The summed E-state index contributed by atoms with van der Waals surface area (Å²) in [5, 5.41) is 8.84. The Hall–Kier alpha value is -1.65. The van der Waals surface area contributed by atoms with Crippen LogP contribution in [-0.4, -0.2) is 25.8 Å². The lowest BCUT2D eigenvalue weighted by atomic mass is 9.84. The molecule has 0 atom stereocenters. The fourth-order valence-corrected chi connectivity index (χ4v) is 2.99. The zero-order chi connectivity index (χ0) is 13.2. The second-order valence-electron chi connectivity index (χ2n) is 5.50. The van der Waals surface area contributed by atoms with E-state index in [4.69, 9.17) is 0 Å². The zero-order valence-electron chi connectivity index (χ0n) is 11.6. The molecule has 0 unspecified atom stereocenters. The average Bonchev–Trinajstić information content (AvgIpc) is 2.83. The van der Waals surface area contributed by atoms with Gasteiger partial charge in [0, 0.05) is 13.1 Å². The number of fused-ring (bicyclic) bond motifs is 1. The van der Waals surface area contributed by atoms with Crippen LogP contribution in [0.4, 0.5) is 5.82 Å². The van der Waals surface area contributed by atoms with Gasteiger partial charge in [-0.3, -0.25) is 4.68 Å². The Balaban J connectivity index is 1.75. The van der Waals surface area contributed by atoms with Gasteiger partial charge in [0.2, 0.25) is 0 Å². The van der Waals surface area contributed by atoms with Gasteiger partial charge in [0.15, 0.2) is 5.65 Å². The molecule has 2 aromatic rings. The van der Waals surface area contributed by atoms with Crippen LogP contribution in [0, 0.1) is 5.92 Å². The third kappa shape index (κ3) is 2.41. The Bertz CT molecular complexity index is 554. The van der Waals surface area contributed by atoms with Gasteiger partial charge in [-0.05, 0) is 31.6 Å². The van der Waals surface area contributed by atoms with Gasteiger partial charge >= 0.3 is 0 Å². The van der Waals surface area contributed by atoms with Gasteiger partial charge < -0.3 is 5.32 Å². The number of rotatable bonds is 3. The van der Waals surface area contributed by atoms with Crippen LogP contribution in [0.5, 0.6) is 0 Å². The lowest BCUT2D eigenvalue weighted by Crippen LogP contribution is -2.26. The van der Waals surface area contributed by atoms with Crippen molar-refractivity contribution in [3.8, 4) is 0 Å². The van der Waals surface area contributed by atoms with E-state index in [1.54, 1.807) is 11.0 Å². The first-order valence-corrected chi connectivity index (χ1v) is 7.17. The minimum atomic E-state index is 0.543. The number of hydrogen-bond acceptors (Lipinski definition) is 4. The van der Waals surface area contributed by atoms with E-state index in [0.717, 1.165) is 22.8 Å². The standard InChI is InChI=1S/C14H21N5/c1-3-10-4-6-11(7-5-10)18-13-12-8-17-19(2)14(12)16-9-15-13/h8-11H,3-7H2,1-2H3,(H,15,16,18). The van der Waals surface area contributed by atoms with Crippen LogP contribution in [0.3, 0.4) is 0 Å². The quantitative estimate of drug-likeness (QED) is 0.920. The number of anilines is 1. The molecular formula is C14H21N5. The van der Waals surface area contributed by atoms with Crippen molar-refractivity contribution in [3.05, 3.63) is 12.5 Å². The number of nitrogens with zero attached hydrogens (tertiary/aromatic N) is 4. The van der Waals surface area contributed by atoms with Gasteiger partial charge in [-0.2, -0.15) is 5.10 Å². The number of aromatic nitrogens is 4. The first kappa shape index (κ1) is 12.4. The Labute approximate surface area is 113 Å². The Morgan fingerprint density at radius 3 is 2.79 bits per heavy atom. The highest BCUT2D eigenvalue weighted by atomic mass is 15.3. The van der Waals surface area contributed by atoms with Crippen molar-refractivity contribution in [1.82, 2.24) is 19.7 Å². The molecule has 102 valence electrons. The van der Waals surface area contributed by atoms with Gasteiger partial charge in [-0.1, -0.05) is 13.3 Å². The van der Waals surface area contributed by atoms with Crippen molar-refractivity contribution in [2.45, 2.75) is 45.1 Å². The summed E-state index contributed by atoms with van der Waals surface area (Å²) in [6.45, 7) is 2.29. The molecular weight excluding hydrogens is 238 g/mol. The molecule has 1 aliphatic rings. The van der Waals surface area contributed by atoms with Crippen molar-refractivity contribution < 1.29 is 0 Å². The maximum Gasteiger partial charge on any atom is 0.163 e. The predicted molar refractivity (Wildman–Crippen MR) is 76.0 cm³/mol. The molecule has 0 spiro atoms. The van der Waals surface area contributed by atoms with E-state index >= 15 is 0 Å². The Kier molecular flexibility index (Phi) is 3.36. The molecule has 0 bridgehead atoms. The molecule has 1 fully saturated rings. The van der Waals surface area contributed by atoms with Crippen molar-refractivity contribution >= 4 is 16.9 Å². The normalized spacial score (nSPS) is 23.7. The highest BCUT2D eigenvalue weighted by Gasteiger charge is 2.21. The third-order valence-electron chi connectivity index (χ3n) is 4.29. The second-order valence-corrected chi connectivity index (χ2v) is 5.50. The second kappa shape index (κ2) is 5.15. The van der Waals surface area contributed by atoms with Crippen LogP contribution < -0.4 is 5.32 Å². The number of nitrogens with one attached hydrogen (secondary N) is 1. The highest BCUT2D eigenvalue weighted by Crippen LogP contribution is 2.29. The molecule has 1 N–H and O–H groups in total. The molecule has 1 aliphatic carbocycles. The molecule has 1 saturated carbocycles. The van der Waals surface area contributed by atoms with E-state index in [0.29, 0.717) is 6.04 Å². The molecule has 0 aromatic carbocycles. The fourth-order valence-electron chi connectivity index (χ4n) is 2.99. The molecule has 0 aliphatic heterocycles. The summed E-state index contributed by atoms with van der Waals surface area (Å²) < 4.78 is 1.79. The van der Waals surface area contributed by atoms with Gasteiger partial charge in [0.1, 0.15) is 12.1 Å². The highest BCUT2D eigenvalue weighted by molar-refractivity contribution is 5.86. The van der Waals surface area contributed by atoms with Crippen molar-refractivity contribution in [1.29, 1.82) is 0 Å². The largest absolute Gasteiger partial charge is 0.367 e. The van der Waals surface area contributed by atoms with Crippen molar-refractivity contribution in [2.75, 3.05) is 5.32 Å². The van der Waals surface area contributed by atoms with Crippen molar-refractivity contribution in [3.63, 3.8) is 0 Å². The van der Waals surface area contributed by atoms with E-state index in [-0.39, 0.29) is 0 Å². The first-order valence-electron chi connectivity index (χ1n) is 7.17. The maximum atomic E-state index is 4.38. The van der Waals surface area contributed by atoms with Gasteiger partial charge in [-0.25, -0.2) is 9.97 Å². The summed E-state index contributed by atoms with van der Waals surface area (Å²) >= 11 is 0. The molecule has 5 nitrogen and oxygen atoms in total. The minimum Gasteiger partial charge on any atom is -0.367 e. The number of aryl methyl sites for hydroxylation is 1. The lowest BCUT2D eigenvalue weighted by molar-refractivity contribution is 0.330. The summed E-state index contributed by atoms with van der Waals surface area (Å²) in [4.78, 5) is 8.65. The van der Waals surface area contributed by atoms with Crippen LogP contribution in [-0.2, 0) is 7.05 Å². The molecule has 0 saturated heterocycles. The summed E-state index contributed by atoms with van der Waals surface area (Å²) in [5.74, 6) is 1.85. The average molecular weight is 259 g/mol. The number of hydrogen-bond donors (Lipinski definition) is 1. The molecule has 5 heteroatoms. The molecule has 2 heterocycles. The van der Waals surface area contributed by atoms with Crippen LogP contribution in [0.2, 0.25) is 0 Å². The van der Waals surface area contributed by atoms with Crippen LogP contribution in [0.1, 0.15) is 39.0 Å². The third-order valence-corrected chi connectivity index (χ3v) is 4.29. The van der Waals surface area contributed by atoms with E-state index in [9.17, 15) is 0 Å². The van der Waals surface area contributed by atoms with E-state index in [1.165, 1.54) is 32.1 Å². The summed E-state index contributed by atoms with van der Waals surface area (Å²) in [6.07, 6.45) is 9.91. The van der Waals surface area contributed by atoms with E-state index in [1.807, 2.05) is 13.2 Å². The summed E-state index contributed by atoms with van der Waals surface area (Å²) in [7, 11) is 1.91. The van der Waals surface area contributed by atoms with Gasteiger partial charge in [0.05, 0.1) is 11.6 Å². The van der Waals surface area contributed by atoms with Crippen LogP contribution in [0.25, 0.3) is 11.0 Å². The fraction of sp³-hybridized carbons (Fsp3) is 0.643. The Morgan fingerprint density at radius 1 is 1.26 bits per heavy atom. The van der Waals surface area contributed by atoms with Gasteiger partial charge in [0.25, 0.3) is 0 Å². The monoisotopic (exact) mass is 259 g/mol. The van der Waals surface area contributed by atoms with E-state index < -0.39 is 0 Å². The predicted octanol–water partition coefficient (Wildman–Crippen LogP) is 2.74. The zero-order valence-corrected chi connectivity index (χ0v) is 11.6. The Morgan fingerprint density at radius 2 is 2.05 bits per heavy atom. The maximum absolute atomic E-state index is 4.38. The molecule has 19 heavy (non-hydrogen) atoms. The van der Waals surface area contributed by atoms with Crippen LogP contribution >= 0.6 is 0 Å².